The van der Waals surface area contributed by atoms with Crippen LogP contribution in [0.3, 0.4) is 0 Å². The van der Waals surface area contributed by atoms with Crippen molar-refractivity contribution in [3.63, 3.8) is 0 Å². The number of aryl methyl sites for hydroxylation is 1. The number of hydrogen-bond donors (Lipinski definition) is 1. The smallest absolute Gasteiger partial charge is 0.310 e. The van der Waals surface area contributed by atoms with Gasteiger partial charge in [0.2, 0.25) is 0 Å². The van der Waals surface area contributed by atoms with Gasteiger partial charge in [-0.2, -0.15) is 5.10 Å². The van der Waals surface area contributed by atoms with Crippen LogP contribution in [0.1, 0.15) is 29.0 Å². The highest BCUT2D eigenvalue weighted by atomic mass is 79.9. The Kier molecular flexibility index (Phi) is 3.21. The number of ether oxygens (including phenoxy) is 1. The number of fused-ring (bicyclic) bond motifs is 2. The molecule has 0 spiro atoms. The lowest BCUT2D eigenvalue weighted by molar-refractivity contribution is -0.144. The van der Waals surface area contributed by atoms with E-state index in [0.29, 0.717) is 17.8 Å². The van der Waals surface area contributed by atoms with Gasteiger partial charge in [-0.3, -0.25) is 9.59 Å². The van der Waals surface area contributed by atoms with Gasteiger partial charge in [0.25, 0.3) is 5.91 Å². The standard InChI is InChI=1S/C13H15BrN2O4/c1-5-11(14)6(2)16(15-5)12(17)9-7-3-4-8(20-7)10(9)13(18)19/h7-10H,3-4H2,1-2H3,(H,18,19). The lowest BCUT2D eigenvalue weighted by Gasteiger charge is -2.23. The van der Waals surface area contributed by atoms with Crippen LogP contribution in [0.25, 0.3) is 0 Å². The minimum Gasteiger partial charge on any atom is -0.481 e. The van der Waals surface area contributed by atoms with Crippen LogP contribution in [0.2, 0.25) is 0 Å². The summed E-state index contributed by atoms with van der Waals surface area (Å²) in [4.78, 5) is 24.1. The van der Waals surface area contributed by atoms with E-state index in [-0.39, 0.29) is 18.1 Å². The molecule has 7 heteroatoms. The molecule has 1 aromatic heterocycles. The van der Waals surface area contributed by atoms with E-state index in [4.69, 9.17) is 4.74 Å². The molecule has 2 fully saturated rings. The fraction of sp³-hybridized carbons (Fsp3) is 0.615. The molecule has 0 aromatic carbocycles. The van der Waals surface area contributed by atoms with Gasteiger partial charge in [0.1, 0.15) is 0 Å². The Hall–Kier alpha value is -1.21. The average molecular weight is 343 g/mol. The lowest BCUT2D eigenvalue weighted by Crippen LogP contribution is -2.41. The number of carbonyl (C=O) groups excluding carboxylic acids is 1. The summed E-state index contributed by atoms with van der Waals surface area (Å²) in [5, 5.41) is 13.6. The predicted molar refractivity (Wildman–Crippen MR) is 72.5 cm³/mol. The Morgan fingerprint density at radius 3 is 2.40 bits per heavy atom. The number of nitrogens with zero attached hydrogens (tertiary/aromatic N) is 2. The number of rotatable bonds is 2. The first-order chi connectivity index (χ1) is 9.41. The molecule has 0 aliphatic carbocycles. The molecule has 3 heterocycles. The highest BCUT2D eigenvalue weighted by Crippen LogP contribution is 2.44. The fourth-order valence-corrected chi connectivity index (χ4v) is 3.53. The van der Waals surface area contributed by atoms with Crippen LogP contribution >= 0.6 is 15.9 Å². The molecule has 0 amide bonds. The molecular weight excluding hydrogens is 328 g/mol. The van der Waals surface area contributed by atoms with Crippen LogP contribution in [0.4, 0.5) is 0 Å². The average Bonchev–Trinajstić information content (AvgIpc) is 3.07. The zero-order valence-electron chi connectivity index (χ0n) is 11.2. The van der Waals surface area contributed by atoms with Gasteiger partial charge in [-0.25, -0.2) is 4.68 Å². The normalized spacial score (nSPS) is 31.8. The molecule has 2 aliphatic heterocycles. The molecule has 0 saturated carbocycles. The highest BCUT2D eigenvalue weighted by Gasteiger charge is 2.56. The molecule has 20 heavy (non-hydrogen) atoms. The Morgan fingerprint density at radius 1 is 1.30 bits per heavy atom. The van der Waals surface area contributed by atoms with Crippen molar-refractivity contribution in [1.29, 1.82) is 0 Å². The molecule has 3 rings (SSSR count). The van der Waals surface area contributed by atoms with E-state index in [1.165, 1.54) is 4.68 Å². The molecule has 1 N–H and O–H groups in total. The second-order valence-electron chi connectivity index (χ2n) is 5.41. The molecule has 4 unspecified atom stereocenters. The van der Waals surface area contributed by atoms with E-state index < -0.39 is 17.8 Å². The molecule has 6 nitrogen and oxygen atoms in total. The topological polar surface area (TPSA) is 81.4 Å². The third kappa shape index (κ3) is 1.83. The highest BCUT2D eigenvalue weighted by molar-refractivity contribution is 9.10. The molecule has 1 aromatic rings. The van der Waals surface area contributed by atoms with Crippen molar-refractivity contribution in [2.75, 3.05) is 0 Å². The summed E-state index contributed by atoms with van der Waals surface area (Å²) < 4.78 is 7.71. The Morgan fingerprint density at radius 2 is 1.90 bits per heavy atom. The lowest BCUT2D eigenvalue weighted by atomic mass is 9.79. The van der Waals surface area contributed by atoms with Crippen molar-refractivity contribution < 1.29 is 19.4 Å². The van der Waals surface area contributed by atoms with Gasteiger partial charge in [-0.05, 0) is 42.6 Å². The number of carboxylic acid groups (broad SMARTS) is 1. The Labute approximate surface area is 124 Å². The Bertz CT molecular complexity index is 597. The van der Waals surface area contributed by atoms with Crippen LogP contribution in [-0.2, 0) is 9.53 Å². The summed E-state index contributed by atoms with van der Waals surface area (Å²) in [5.74, 6) is -2.65. The number of carboxylic acids is 1. The van der Waals surface area contributed by atoms with Crippen molar-refractivity contribution in [3.8, 4) is 0 Å². The van der Waals surface area contributed by atoms with Crippen LogP contribution in [0, 0.1) is 25.7 Å². The van der Waals surface area contributed by atoms with Gasteiger partial charge in [-0.15, -0.1) is 0 Å². The molecule has 2 bridgehead atoms. The van der Waals surface area contributed by atoms with Crippen LogP contribution in [-0.4, -0.2) is 39.0 Å². The largest absolute Gasteiger partial charge is 0.481 e. The van der Waals surface area contributed by atoms with E-state index in [1.54, 1.807) is 13.8 Å². The number of halogens is 1. The summed E-state index contributed by atoms with van der Waals surface area (Å²) in [7, 11) is 0. The van der Waals surface area contributed by atoms with E-state index in [0.717, 1.165) is 10.9 Å². The minimum absolute atomic E-state index is 0.282. The zero-order chi connectivity index (χ0) is 14.6. The molecular formula is C13H15BrN2O4. The first kappa shape index (κ1) is 13.8. The second kappa shape index (κ2) is 4.66. The van der Waals surface area contributed by atoms with Gasteiger partial charge in [0.05, 0.1) is 39.9 Å². The monoisotopic (exact) mass is 342 g/mol. The van der Waals surface area contributed by atoms with E-state index >= 15 is 0 Å². The first-order valence-corrected chi connectivity index (χ1v) is 7.35. The van der Waals surface area contributed by atoms with Gasteiger partial charge in [0.15, 0.2) is 0 Å². The predicted octanol–water partition coefficient (Wildman–Crippen LogP) is 1.78. The number of aromatic nitrogens is 2. The van der Waals surface area contributed by atoms with Crippen LogP contribution in [0.5, 0.6) is 0 Å². The number of carbonyl (C=O) groups is 2. The van der Waals surface area contributed by atoms with E-state index in [2.05, 4.69) is 21.0 Å². The molecule has 2 aliphatic rings. The van der Waals surface area contributed by atoms with E-state index in [1.807, 2.05) is 0 Å². The number of hydrogen-bond acceptors (Lipinski definition) is 4. The van der Waals surface area contributed by atoms with Gasteiger partial charge in [0, 0.05) is 0 Å². The maximum absolute atomic E-state index is 12.7. The van der Waals surface area contributed by atoms with Crippen LogP contribution < -0.4 is 0 Å². The fourth-order valence-electron chi connectivity index (χ4n) is 3.28. The second-order valence-corrected chi connectivity index (χ2v) is 6.21. The van der Waals surface area contributed by atoms with Gasteiger partial charge >= 0.3 is 5.97 Å². The van der Waals surface area contributed by atoms with E-state index in [9.17, 15) is 14.7 Å². The van der Waals surface area contributed by atoms with Crippen molar-refractivity contribution >= 4 is 27.8 Å². The first-order valence-electron chi connectivity index (χ1n) is 6.56. The number of aliphatic carboxylic acids is 1. The maximum atomic E-state index is 12.7. The van der Waals surface area contributed by atoms with Gasteiger partial charge in [-0.1, -0.05) is 0 Å². The van der Waals surface area contributed by atoms with Crippen molar-refractivity contribution in [3.05, 3.63) is 15.9 Å². The van der Waals surface area contributed by atoms with Gasteiger partial charge < -0.3 is 9.84 Å². The Balaban J connectivity index is 1.97. The molecule has 0 radical (unpaired) electrons. The molecule has 4 atom stereocenters. The zero-order valence-corrected chi connectivity index (χ0v) is 12.8. The molecule has 108 valence electrons. The molecule has 2 saturated heterocycles. The summed E-state index contributed by atoms with van der Waals surface area (Å²) in [6.45, 7) is 3.58. The summed E-state index contributed by atoms with van der Waals surface area (Å²) in [6, 6.07) is 0. The van der Waals surface area contributed by atoms with Crippen LogP contribution in [0.15, 0.2) is 4.47 Å². The summed E-state index contributed by atoms with van der Waals surface area (Å²) in [5.41, 5.74) is 1.41. The van der Waals surface area contributed by atoms with Crippen molar-refractivity contribution in [2.24, 2.45) is 11.8 Å². The van der Waals surface area contributed by atoms with Crippen molar-refractivity contribution in [2.45, 2.75) is 38.9 Å². The quantitative estimate of drug-likeness (QED) is 0.885. The minimum atomic E-state index is -0.962. The third-order valence-corrected chi connectivity index (χ3v) is 5.40. The van der Waals surface area contributed by atoms with Crippen molar-refractivity contribution in [1.82, 2.24) is 9.78 Å². The maximum Gasteiger partial charge on any atom is 0.310 e. The summed E-state index contributed by atoms with van der Waals surface area (Å²) >= 11 is 3.38. The SMILES string of the molecule is Cc1nn(C(=O)C2C3CCC(O3)C2C(=O)O)c(C)c1Br. The summed E-state index contributed by atoms with van der Waals surface area (Å²) in [6.07, 6.45) is 0.820. The third-order valence-electron chi connectivity index (χ3n) is 4.26.